The Morgan fingerprint density at radius 3 is 2.35 bits per heavy atom. The number of para-hydroxylation sites is 1. The number of hydrogen-bond donors (Lipinski definition) is 0. The lowest BCUT2D eigenvalue weighted by atomic mass is 10.1. The topological polar surface area (TPSA) is 53.1 Å². The average Bonchev–Trinajstić information content (AvgIpc) is 3.49. The Labute approximate surface area is 211 Å². The molecule has 0 aliphatic heterocycles. The zero-order valence-electron chi connectivity index (χ0n) is 19.6. The third-order valence-corrected chi connectivity index (χ3v) is 6.94. The molecular formula is C32H19N3O2. The summed E-state index contributed by atoms with van der Waals surface area (Å²) in [6.45, 7) is 0. The van der Waals surface area contributed by atoms with E-state index in [1.807, 2.05) is 54.7 Å². The molecule has 0 saturated carbocycles. The molecule has 0 unspecified atom stereocenters. The third-order valence-electron chi connectivity index (χ3n) is 6.94. The molecule has 0 N–H and O–H groups in total. The Morgan fingerprint density at radius 1 is 0.595 bits per heavy atom. The second-order valence-electron chi connectivity index (χ2n) is 9.10. The molecule has 0 aliphatic rings. The first-order chi connectivity index (χ1) is 18.3. The molecule has 0 fully saturated rings. The SMILES string of the molecule is c1ccc(-n2c3ccccc3c3ccc(Oc4ccc5ccc6oc7cccnc7c6c5c4)cc32)nc1. The van der Waals surface area contributed by atoms with Crippen LogP contribution >= 0.6 is 0 Å². The summed E-state index contributed by atoms with van der Waals surface area (Å²) >= 11 is 0. The molecule has 5 heteroatoms. The maximum atomic E-state index is 6.43. The Kier molecular flexibility index (Phi) is 4.16. The molecule has 8 rings (SSSR count). The molecule has 0 amide bonds. The van der Waals surface area contributed by atoms with E-state index in [2.05, 4.69) is 69.1 Å². The first-order valence-electron chi connectivity index (χ1n) is 12.2. The number of nitrogens with zero attached hydrogens (tertiary/aromatic N) is 3. The lowest BCUT2D eigenvalue weighted by Crippen LogP contribution is -1.96. The van der Waals surface area contributed by atoms with Crippen molar-refractivity contribution in [3.05, 3.63) is 116 Å². The van der Waals surface area contributed by atoms with Gasteiger partial charge >= 0.3 is 0 Å². The number of benzene rings is 4. The number of pyridine rings is 2. The Morgan fingerprint density at radius 2 is 1.41 bits per heavy atom. The predicted molar refractivity (Wildman–Crippen MR) is 148 cm³/mol. The van der Waals surface area contributed by atoms with Gasteiger partial charge in [0.05, 0.1) is 16.4 Å². The van der Waals surface area contributed by atoms with Crippen LogP contribution in [-0.4, -0.2) is 14.5 Å². The molecule has 8 aromatic rings. The largest absolute Gasteiger partial charge is 0.457 e. The first kappa shape index (κ1) is 20.1. The van der Waals surface area contributed by atoms with Crippen molar-refractivity contribution in [1.29, 1.82) is 0 Å². The van der Waals surface area contributed by atoms with Crippen molar-refractivity contribution in [3.8, 4) is 17.3 Å². The fourth-order valence-electron chi connectivity index (χ4n) is 5.33. The molecule has 0 bridgehead atoms. The molecule has 5 nitrogen and oxygen atoms in total. The summed E-state index contributed by atoms with van der Waals surface area (Å²) in [7, 11) is 0. The molecule has 4 heterocycles. The van der Waals surface area contributed by atoms with Crippen LogP contribution < -0.4 is 4.74 Å². The standard InChI is InChI=1S/C32H19N3O2/c1-2-7-26-23(6-1)24-14-13-22(19-27(24)35(26)30-9-3-4-16-33-30)36-21-12-10-20-11-15-28-31(25(20)18-21)32-29(37-28)8-5-17-34-32/h1-19H. The smallest absolute Gasteiger partial charge is 0.153 e. The van der Waals surface area contributed by atoms with Crippen molar-refractivity contribution >= 4 is 54.6 Å². The highest BCUT2D eigenvalue weighted by molar-refractivity contribution is 6.17. The van der Waals surface area contributed by atoms with Gasteiger partial charge in [0, 0.05) is 29.2 Å². The van der Waals surface area contributed by atoms with Crippen molar-refractivity contribution < 1.29 is 9.15 Å². The van der Waals surface area contributed by atoms with E-state index < -0.39 is 0 Å². The highest BCUT2D eigenvalue weighted by atomic mass is 16.5. The van der Waals surface area contributed by atoms with E-state index in [9.17, 15) is 0 Å². The summed E-state index contributed by atoms with van der Waals surface area (Å²) in [5.74, 6) is 2.39. The van der Waals surface area contributed by atoms with Crippen molar-refractivity contribution in [2.24, 2.45) is 0 Å². The summed E-state index contributed by atoms with van der Waals surface area (Å²) in [5, 5.41) is 5.51. The summed E-state index contributed by atoms with van der Waals surface area (Å²) in [4.78, 5) is 9.21. The summed E-state index contributed by atoms with van der Waals surface area (Å²) in [6, 6.07) is 34.7. The lowest BCUT2D eigenvalue weighted by Gasteiger charge is -2.10. The number of fused-ring (bicyclic) bond motifs is 8. The van der Waals surface area contributed by atoms with Gasteiger partial charge in [-0.3, -0.25) is 9.55 Å². The fraction of sp³-hybridized carbons (Fsp3) is 0. The number of furan rings is 1. The van der Waals surface area contributed by atoms with E-state index in [1.165, 1.54) is 5.39 Å². The summed E-state index contributed by atoms with van der Waals surface area (Å²) < 4.78 is 14.7. The van der Waals surface area contributed by atoms with Crippen LogP contribution in [0.4, 0.5) is 0 Å². The average molecular weight is 478 g/mol. The molecule has 0 atom stereocenters. The van der Waals surface area contributed by atoms with Gasteiger partial charge in [-0.05, 0) is 71.4 Å². The highest BCUT2D eigenvalue weighted by Gasteiger charge is 2.15. The third kappa shape index (κ3) is 3.04. The van der Waals surface area contributed by atoms with Crippen molar-refractivity contribution in [2.45, 2.75) is 0 Å². The van der Waals surface area contributed by atoms with Gasteiger partial charge in [0.25, 0.3) is 0 Å². The molecule has 4 aromatic carbocycles. The zero-order chi connectivity index (χ0) is 24.3. The van der Waals surface area contributed by atoms with Gasteiger partial charge in [0.1, 0.15) is 28.4 Å². The van der Waals surface area contributed by atoms with Gasteiger partial charge < -0.3 is 9.15 Å². The van der Waals surface area contributed by atoms with Crippen molar-refractivity contribution in [1.82, 2.24) is 14.5 Å². The van der Waals surface area contributed by atoms with E-state index in [4.69, 9.17) is 9.15 Å². The number of rotatable bonds is 3. The lowest BCUT2D eigenvalue weighted by molar-refractivity contribution is 0.484. The quantitative estimate of drug-likeness (QED) is 0.256. The Bertz CT molecular complexity index is 2120. The second kappa shape index (κ2) is 7.67. The highest BCUT2D eigenvalue weighted by Crippen LogP contribution is 2.38. The van der Waals surface area contributed by atoms with Gasteiger partial charge in [0.15, 0.2) is 5.58 Å². The van der Waals surface area contributed by atoms with Crippen LogP contribution in [0.15, 0.2) is 120 Å². The van der Waals surface area contributed by atoms with E-state index in [0.717, 1.165) is 66.6 Å². The summed E-state index contributed by atoms with van der Waals surface area (Å²) in [5.41, 5.74) is 4.62. The number of ether oxygens (including phenoxy) is 1. The first-order valence-corrected chi connectivity index (χ1v) is 12.2. The van der Waals surface area contributed by atoms with Gasteiger partial charge in [-0.1, -0.05) is 36.4 Å². The molecule has 37 heavy (non-hydrogen) atoms. The normalized spacial score (nSPS) is 11.8. The molecule has 4 aromatic heterocycles. The molecular weight excluding hydrogens is 458 g/mol. The Hall–Kier alpha value is -5.16. The van der Waals surface area contributed by atoms with E-state index in [-0.39, 0.29) is 0 Å². The van der Waals surface area contributed by atoms with Gasteiger partial charge in [0.2, 0.25) is 0 Å². The molecule has 0 aliphatic carbocycles. The van der Waals surface area contributed by atoms with Crippen LogP contribution in [0, 0.1) is 0 Å². The zero-order valence-corrected chi connectivity index (χ0v) is 19.6. The maximum Gasteiger partial charge on any atom is 0.153 e. The monoisotopic (exact) mass is 477 g/mol. The van der Waals surface area contributed by atoms with Gasteiger partial charge in [-0.2, -0.15) is 0 Å². The Balaban J connectivity index is 1.30. The van der Waals surface area contributed by atoms with Crippen LogP contribution in [0.3, 0.4) is 0 Å². The number of aromatic nitrogens is 3. The molecule has 0 saturated heterocycles. The molecule has 174 valence electrons. The van der Waals surface area contributed by atoms with Crippen LogP contribution in [0.1, 0.15) is 0 Å². The van der Waals surface area contributed by atoms with Crippen LogP contribution in [0.25, 0.3) is 60.5 Å². The van der Waals surface area contributed by atoms with Crippen molar-refractivity contribution in [2.75, 3.05) is 0 Å². The maximum absolute atomic E-state index is 6.43. The molecule has 0 radical (unpaired) electrons. The number of hydrogen-bond acceptors (Lipinski definition) is 4. The minimum atomic E-state index is 0.755. The van der Waals surface area contributed by atoms with E-state index in [0.29, 0.717) is 0 Å². The minimum Gasteiger partial charge on any atom is -0.457 e. The van der Waals surface area contributed by atoms with Crippen LogP contribution in [0.5, 0.6) is 11.5 Å². The van der Waals surface area contributed by atoms with Crippen molar-refractivity contribution in [3.63, 3.8) is 0 Å². The predicted octanol–water partition coefficient (Wildman–Crippen LogP) is 8.42. The van der Waals surface area contributed by atoms with E-state index in [1.54, 1.807) is 6.20 Å². The second-order valence-corrected chi connectivity index (χ2v) is 9.10. The fourth-order valence-corrected chi connectivity index (χ4v) is 5.33. The minimum absolute atomic E-state index is 0.755. The van der Waals surface area contributed by atoms with E-state index >= 15 is 0 Å². The van der Waals surface area contributed by atoms with Gasteiger partial charge in [-0.25, -0.2) is 4.98 Å². The van der Waals surface area contributed by atoms with Crippen LogP contribution in [-0.2, 0) is 0 Å². The summed E-state index contributed by atoms with van der Waals surface area (Å²) in [6.07, 6.45) is 3.62. The van der Waals surface area contributed by atoms with Gasteiger partial charge in [-0.15, -0.1) is 0 Å². The van der Waals surface area contributed by atoms with Crippen LogP contribution in [0.2, 0.25) is 0 Å². The molecule has 0 spiro atoms.